The molecule has 1 heterocycles. The first kappa shape index (κ1) is 9.92. The summed E-state index contributed by atoms with van der Waals surface area (Å²) in [4.78, 5) is 6.69. The number of rotatable bonds is 3. The highest BCUT2D eigenvalue weighted by molar-refractivity contribution is 7.80. The van der Waals surface area contributed by atoms with Gasteiger partial charge in [0.05, 0.1) is 4.99 Å². The Labute approximate surface area is 83.6 Å². The van der Waals surface area contributed by atoms with Crippen molar-refractivity contribution in [2.45, 2.75) is 6.42 Å². The molecule has 2 N–H and O–H groups in total. The number of thiocarbonyl (C=S) groups is 1. The lowest BCUT2D eigenvalue weighted by Gasteiger charge is -2.15. The summed E-state index contributed by atoms with van der Waals surface area (Å²) < 4.78 is 0. The van der Waals surface area contributed by atoms with Gasteiger partial charge in [0.2, 0.25) is 0 Å². The van der Waals surface area contributed by atoms with Gasteiger partial charge in [0.25, 0.3) is 0 Å². The van der Waals surface area contributed by atoms with Crippen LogP contribution in [0.4, 0.5) is 5.82 Å². The molecule has 0 unspecified atom stereocenters. The topological polar surface area (TPSA) is 42.2 Å². The first-order chi connectivity index (χ1) is 6.11. The lowest BCUT2D eigenvalue weighted by Crippen LogP contribution is -2.17. The zero-order valence-corrected chi connectivity index (χ0v) is 8.64. The fourth-order valence-corrected chi connectivity index (χ4v) is 1.31. The Morgan fingerprint density at radius 2 is 2.31 bits per heavy atom. The summed E-state index contributed by atoms with van der Waals surface area (Å²) in [6, 6.07) is 3.88. The fraction of sp³-hybridized carbons (Fsp3) is 0.333. The van der Waals surface area contributed by atoms with Crippen LogP contribution in [0.25, 0.3) is 0 Å². The third kappa shape index (κ3) is 2.66. The Morgan fingerprint density at radius 1 is 1.62 bits per heavy atom. The first-order valence-corrected chi connectivity index (χ1v) is 4.41. The lowest BCUT2D eigenvalue weighted by molar-refractivity contribution is 1.04. The zero-order valence-electron chi connectivity index (χ0n) is 7.82. The summed E-state index contributed by atoms with van der Waals surface area (Å²) in [7, 11) is 3.90. The predicted molar refractivity (Wildman–Crippen MR) is 59.1 cm³/mol. The molecule has 0 fully saturated rings. The highest BCUT2D eigenvalue weighted by atomic mass is 32.1. The largest absolute Gasteiger partial charge is 0.393 e. The van der Waals surface area contributed by atoms with Crippen molar-refractivity contribution in [1.29, 1.82) is 0 Å². The molecular formula is C9H13N3S. The van der Waals surface area contributed by atoms with E-state index in [4.69, 9.17) is 18.0 Å². The smallest absolute Gasteiger partial charge is 0.131 e. The van der Waals surface area contributed by atoms with E-state index in [2.05, 4.69) is 4.98 Å². The molecule has 0 spiro atoms. The minimum absolute atomic E-state index is 0.496. The van der Waals surface area contributed by atoms with Crippen LogP contribution in [0.15, 0.2) is 18.3 Å². The van der Waals surface area contributed by atoms with E-state index in [0.717, 1.165) is 11.4 Å². The Hall–Kier alpha value is -1.16. The molecule has 1 aromatic rings. The van der Waals surface area contributed by atoms with Crippen molar-refractivity contribution in [3.05, 3.63) is 23.9 Å². The fourth-order valence-electron chi connectivity index (χ4n) is 1.16. The number of nitrogens with zero attached hydrogens (tertiary/aromatic N) is 2. The maximum Gasteiger partial charge on any atom is 0.131 e. The molecule has 0 saturated heterocycles. The van der Waals surface area contributed by atoms with Crippen molar-refractivity contribution in [3.63, 3.8) is 0 Å². The van der Waals surface area contributed by atoms with Crippen LogP contribution < -0.4 is 10.6 Å². The Morgan fingerprint density at radius 3 is 2.85 bits per heavy atom. The van der Waals surface area contributed by atoms with E-state index in [1.165, 1.54) is 0 Å². The summed E-state index contributed by atoms with van der Waals surface area (Å²) >= 11 is 4.86. The van der Waals surface area contributed by atoms with E-state index in [-0.39, 0.29) is 0 Å². The number of pyridine rings is 1. The molecule has 1 rings (SSSR count). The van der Waals surface area contributed by atoms with Crippen LogP contribution in [0.1, 0.15) is 5.56 Å². The highest BCUT2D eigenvalue weighted by Crippen LogP contribution is 2.14. The van der Waals surface area contributed by atoms with Crippen LogP contribution >= 0.6 is 12.2 Å². The van der Waals surface area contributed by atoms with E-state index >= 15 is 0 Å². The lowest BCUT2D eigenvalue weighted by atomic mass is 10.2. The van der Waals surface area contributed by atoms with Gasteiger partial charge in [-0.05, 0) is 6.07 Å². The van der Waals surface area contributed by atoms with Gasteiger partial charge >= 0.3 is 0 Å². The molecule has 0 saturated carbocycles. The highest BCUT2D eigenvalue weighted by Gasteiger charge is 2.05. The van der Waals surface area contributed by atoms with E-state index in [0.29, 0.717) is 11.4 Å². The molecule has 0 radical (unpaired) electrons. The summed E-state index contributed by atoms with van der Waals surface area (Å²) in [5.41, 5.74) is 6.55. The molecule has 1 aromatic heterocycles. The summed E-state index contributed by atoms with van der Waals surface area (Å²) in [5.74, 6) is 0.926. The van der Waals surface area contributed by atoms with Gasteiger partial charge in [0.1, 0.15) is 5.82 Å². The van der Waals surface area contributed by atoms with Gasteiger partial charge in [-0.3, -0.25) is 0 Å². The maximum atomic E-state index is 5.48. The SMILES string of the molecule is CN(C)c1ncccc1CC(N)=S. The van der Waals surface area contributed by atoms with Crippen molar-refractivity contribution in [3.8, 4) is 0 Å². The van der Waals surface area contributed by atoms with Crippen molar-refractivity contribution >= 4 is 23.0 Å². The zero-order chi connectivity index (χ0) is 9.84. The van der Waals surface area contributed by atoms with Gasteiger partial charge < -0.3 is 10.6 Å². The summed E-state index contributed by atoms with van der Waals surface area (Å²) in [6.45, 7) is 0. The van der Waals surface area contributed by atoms with Crippen LogP contribution in [0, 0.1) is 0 Å². The molecule has 70 valence electrons. The molecule has 13 heavy (non-hydrogen) atoms. The molecule has 0 aliphatic rings. The van der Waals surface area contributed by atoms with Crippen LogP contribution in [0.2, 0.25) is 0 Å². The van der Waals surface area contributed by atoms with Crippen molar-refractivity contribution in [2.24, 2.45) is 5.73 Å². The van der Waals surface area contributed by atoms with Crippen molar-refractivity contribution in [2.75, 3.05) is 19.0 Å². The van der Waals surface area contributed by atoms with E-state index in [1.54, 1.807) is 6.20 Å². The molecule has 0 atom stereocenters. The van der Waals surface area contributed by atoms with Crippen LogP contribution in [0.5, 0.6) is 0 Å². The predicted octanol–water partition coefficient (Wildman–Crippen LogP) is 0.976. The molecule has 0 bridgehead atoms. The molecule has 4 heteroatoms. The number of nitrogens with two attached hydrogens (primary N) is 1. The quantitative estimate of drug-likeness (QED) is 0.730. The van der Waals surface area contributed by atoms with E-state index in [1.807, 2.05) is 31.1 Å². The minimum atomic E-state index is 0.496. The number of aromatic nitrogens is 1. The summed E-state index contributed by atoms with van der Waals surface area (Å²) in [6.07, 6.45) is 2.37. The summed E-state index contributed by atoms with van der Waals surface area (Å²) in [5, 5.41) is 0. The van der Waals surface area contributed by atoms with Gasteiger partial charge in [-0.25, -0.2) is 4.98 Å². The Bertz CT molecular complexity index is 309. The van der Waals surface area contributed by atoms with E-state index in [9.17, 15) is 0 Å². The standard InChI is InChI=1S/C9H13N3S/c1-12(2)9-7(6-8(10)13)4-3-5-11-9/h3-5H,6H2,1-2H3,(H2,10,13). The molecular weight excluding hydrogens is 182 g/mol. The van der Waals surface area contributed by atoms with Crippen LogP contribution in [0.3, 0.4) is 0 Å². The molecule has 0 amide bonds. The number of anilines is 1. The third-order valence-corrected chi connectivity index (χ3v) is 1.80. The van der Waals surface area contributed by atoms with Gasteiger partial charge in [0.15, 0.2) is 0 Å². The van der Waals surface area contributed by atoms with Gasteiger partial charge in [-0.1, -0.05) is 18.3 Å². The van der Waals surface area contributed by atoms with Crippen LogP contribution in [-0.2, 0) is 6.42 Å². The number of hydrogen-bond acceptors (Lipinski definition) is 3. The van der Waals surface area contributed by atoms with Gasteiger partial charge in [0, 0.05) is 32.3 Å². The molecule has 3 nitrogen and oxygen atoms in total. The van der Waals surface area contributed by atoms with E-state index < -0.39 is 0 Å². The normalized spacial score (nSPS) is 9.69. The minimum Gasteiger partial charge on any atom is -0.393 e. The second kappa shape index (κ2) is 4.18. The van der Waals surface area contributed by atoms with Crippen molar-refractivity contribution in [1.82, 2.24) is 4.98 Å². The third-order valence-electron chi connectivity index (χ3n) is 1.66. The maximum absolute atomic E-state index is 5.48. The number of hydrogen-bond donors (Lipinski definition) is 1. The van der Waals surface area contributed by atoms with Crippen molar-refractivity contribution < 1.29 is 0 Å². The monoisotopic (exact) mass is 195 g/mol. The second-order valence-electron chi connectivity index (χ2n) is 3.02. The Kier molecular flexibility index (Phi) is 3.19. The van der Waals surface area contributed by atoms with Gasteiger partial charge in [-0.2, -0.15) is 0 Å². The average Bonchev–Trinajstić information content (AvgIpc) is 2.03. The second-order valence-corrected chi connectivity index (χ2v) is 3.55. The first-order valence-electron chi connectivity index (χ1n) is 4.01. The average molecular weight is 195 g/mol. The molecule has 0 aliphatic heterocycles. The van der Waals surface area contributed by atoms with Gasteiger partial charge in [-0.15, -0.1) is 0 Å². The van der Waals surface area contributed by atoms with Crippen LogP contribution in [-0.4, -0.2) is 24.1 Å². The molecule has 0 aromatic carbocycles. The molecule has 0 aliphatic carbocycles. The Balaban J connectivity index is 2.97.